The smallest absolute Gasteiger partial charge is 0.379 e. The molecule has 4 aliphatic rings. The van der Waals surface area contributed by atoms with Gasteiger partial charge in [0.05, 0.1) is 18.4 Å². The summed E-state index contributed by atoms with van der Waals surface area (Å²) in [5.74, 6) is 2.20. The largest absolute Gasteiger partial charge is 0.393 e. The number of methoxy groups -OCH3 is 1. The monoisotopic (exact) mass is 551 g/mol. The maximum absolute atomic E-state index is 12.3. The van der Waals surface area contributed by atoms with Crippen molar-refractivity contribution in [1.29, 1.82) is 0 Å². The molecule has 0 radical (unpaired) electrons. The van der Waals surface area contributed by atoms with Gasteiger partial charge < -0.3 is 14.3 Å². The summed E-state index contributed by atoms with van der Waals surface area (Å²) in [6, 6.07) is 8.50. The van der Waals surface area contributed by atoms with E-state index in [0.717, 1.165) is 55.9 Å². The molecule has 0 heterocycles. The number of hydrogen-bond donors (Lipinski definition) is 0. The van der Waals surface area contributed by atoms with Gasteiger partial charge in [-0.1, -0.05) is 48.8 Å². The van der Waals surface area contributed by atoms with Gasteiger partial charge in [-0.15, -0.1) is 0 Å². The fourth-order valence-corrected chi connectivity index (χ4v) is 8.36. The van der Waals surface area contributed by atoms with E-state index in [0.29, 0.717) is 37.2 Å². The Kier molecular flexibility index (Phi) is 8.51. The van der Waals surface area contributed by atoms with Gasteiger partial charge in [0.25, 0.3) is 0 Å². The van der Waals surface area contributed by atoms with Crippen LogP contribution in [-0.2, 0) is 19.1 Å². The number of allylic oxidation sites excluding steroid dienone is 4. The number of carbonyl (C=O) groups is 2. The third kappa shape index (κ3) is 5.18. The summed E-state index contributed by atoms with van der Waals surface area (Å²) in [6.45, 7) is 7.71. The van der Waals surface area contributed by atoms with Crippen molar-refractivity contribution in [1.82, 2.24) is 0 Å². The van der Waals surface area contributed by atoms with Crippen molar-refractivity contribution in [3.8, 4) is 0 Å². The van der Waals surface area contributed by atoms with Gasteiger partial charge in [0.2, 0.25) is 0 Å². The molecule has 5 rings (SSSR count). The van der Waals surface area contributed by atoms with E-state index in [1.165, 1.54) is 16.7 Å². The van der Waals surface area contributed by atoms with Crippen molar-refractivity contribution >= 4 is 29.1 Å². The number of ether oxygens (including phenoxy) is 2. The Labute approximate surface area is 236 Å². The molecule has 0 saturated heterocycles. The highest BCUT2D eigenvalue weighted by Gasteiger charge is 2.63. The molecule has 0 amide bonds. The van der Waals surface area contributed by atoms with Gasteiger partial charge in [0.1, 0.15) is 0 Å². The van der Waals surface area contributed by atoms with Gasteiger partial charge in [-0.25, -0.2) is 4.79 Å². The topological polar surface area (TPSA) is 74.2 Å². The number of ketones is 1. The van der Waals surface area contributed by atoms with Crippen molar-refractivity contribution < 1.29 is 23.9 Å². The molecule has 1 aromatic carbocycles. The number of carbonyl (C=O) groups excluding carboxylic acids is 2. The van der Waals surface area contributed by atoms with Crippen LogP contribution >= 0.6 is 11.8 Å². The lowest BCUT2D eigenvalue weighted by molar-refractivity contribution is -0.154. The first-order valence-electron chi connectivity index (χ1n) is 14.4. The van der Waals surface area contributed by atoms with Crippen LogP contribution in [0.2, 0.25) is 0 Å². The van der Waals surface area contributed by atoms with Gasteiger partial charge in [0.15, 0.2) is 5.78 Å². The van der Waals surface area contributed by atoms with Gasteiger partial charge >= 0.3 is 5.30 Å². The zero-order valence-electron chi connectivity index (χ0n) is 23.7. The van der Waals surface area contributed by atoms with E-state index in [4.69, 9.17) is 14.3 Å². The Morgan fingerprint density at radius 1 is 1.15 bits per heavy atom. The van der Waals surface area contributed by atoms with E-state index in [-0.39, 0.29) is 22.7 Å². The normalized spacial score (nSPS) is 32.1. The van der Waals surface area contributed by atoms with Crippen LogP contribution < -0.4 is 0 Å². The van der Waals surface area contributed by atoms with Crippen LogP contribution in [0.1, 0.15) is 82.8 Å². The van der Waals surface area contributed by atoms with Crippen LogP contribution in [0.3, 0.4) is 0 Å². The Bertz CT molecular complexity index is 1190. The molecular formula is C32H41NO5S. The van der Waals surface area contributed by atoms with Crippen LogP contribution in [0, 0.1) is 17.3 Å². The fraction of sp³-hybridized carbons (Fsp3) is 0.594. The molecule has 5 atom stereocenters. The number of benzene rings is 1. The average Bonchev–Trinajstić information content (AvgIpc) is 3.23. The summed E-state index contributed by atoms with van der Waals surface area (Å²) in [5, 5.41) is 3.47. The summed E-state index contributed by atoms with van der Waals surface area (Å²) in [6.07, 6.45) is 10.2. The number of nitrogens with zero attached hydrogens (tertiary/aromatic N) is 1. The van der Waals surface area contributed by atoms with Crippen molar-refractivity contribution in [2.45, 2.75) is 77.2 Å². The quantitative estimate of drug-likeness (QED) is 0.193. The number of fused-ring (bicyclic) bond motifs is 4. The Hall–Kier alpha value is -2.22. The SMILES string of the molecule is CCOC[C@]1(OC)CC[C@H]2[C@@H]3CCC4=CC(=O)CCC4=C3[C@@H](c3ccc(/C=N/OC(=O)SCC)cc3)C[C@@]21C. The van der Waals surface area contributed by atoms with Crippen LogP contribution in [-0.4, -0.2) is 49.0 Å². The van der Waals surface area contributed by atoms with E-state index in [1.54, 1.807) is 11.8 Å². The fourth-order valence-electron chi connectivity index (χ4n) is 8.02. The third-order valence-corrected chi connectivity index (χ3v) is 10.5. The highest BCUT2D eigenvalue weighted by Crippen LogP contribution is 2.67. The molecule has 0 bridgehead atoms. The first kappa shape index (κ1) is 28.3. The van der Waals surface area contributed by atoms with Gasteiger partial charge in [0, 0.05) is 37.2 Å². The summed E-state index contributed by atoms with van der Waals surface area (Å²) in [7, 11) is 1.87. The molecule has 0 aliphatic heterocycles. The lowest BCUT2D eigenvalue weighted by Crippen LogP contribution is -2.54. The van der Waals surface area contributed by atoms with Gasteiger partial charge in [-0.05, 0) is 97.4 Å². The van der Waals surface area contributed by atoms with E-state index < -0.39 is 5.30 Å². The molecule has 0 spiro atoms. The molecule has 0 N–H and O–H groups in total. The molecular weight excluding hydrogens is 510 g/mol. The minimum atomic E-state index is -0.396. The molecule has 4 aliphatic carbocycles. The maximum Gasteiger partial charge on any atom is 0.393 e. The summed E-state index contributed by atoms with van der Waals surface area (Å²) >= 11 is 1.10. The third-order valence-electron chi connectivity index (χ3n) is 9.88. The van der Waals surface area contributed by atoms with Crippen molar-refractivity contribution in [2.75, 3.05) is 26.1 Å². The van der Waals surface area contributed by atoms with Crippen LogP contribution in [0.25, 0.3) is 0 Å². The van der Waals surface area contributed by atoms with E-state index >= 15 is 0 Å². The first-order valence-corrected chi connectivity index (χ1v) is 15.4. The summed E-state index contributed by atoms with van der Waals surface area (Å²) in [5.41, 5.74) is 6.14. The molecule has 2 fully saturated rings. The second-order valence-electron chi connectivity index (χ2n) is 11.5. The second-order valence-corrected chi connectivity index (χ2v) is 12.7. The van der Waals surface area contributed by atoms with Crippen molar-refractivity contribution in [3.05, 3.63) is 58.2 Å². The highest BCUT2D eigenvalue weighted by atomic mass is 32.2. The summed E-state index contributed by atoms with van der Waals surface area (Å²) in [4.78, 5) is 28.8. The van der Waals surface area contributed by atoms with Crippen molar-refractivity contribution in [3.63, 3.8) is 0 Å². The maximum atomic E-state index is 12.3. The summed E-state index contributed by atoms with van der Waals surface area (Å²) < 4.78 is 12.5. The first-order chi connectivity index (χ1) is 18.9. The average molecular weight is 552 g/mol. The second kappa shape index (κ2) is 11.7. The standard InChI is InChI=1S/C32H41NO5S/c1-5-37-20-32(36-4)16-15-28-26-13-11-23-17-24(34)12-14-25(23)29(26)27(18-31(28,32)3)22-9-7-21(8-10-22)19-33-38-30(35)39-6-2/h7-10,17,19,26-28H,5-6,11-16,18,20H2,1-4H3/b33-19+/t26-,27+,28-,31-,32+/m0/s1. The van der Waals surface area contributed by atoms with Crippen LogP contribution in [0.15, 0.2) is 52.2 Å². The Balaban J connectivity index is 1.52. The Morgan fingerprint density at radius 3 is 2.67 bits per heavy atom. The van der Waals surface area contributed by atoms with E-state index in [9.17, 15) is 9.59 Å². The lowest BCUT2D eigenvalue weighted by atomic mass is 9.51. The molecule has 39 heavy (non-hydrogen) atoms. The molecule has 0 unspecified atom stereocenters. The van der Waals surface area contributed by atoms with Crippen LogP contribution in [0.4, 0.5) is 4.79 Å². The van der Waals surface area contributed by atoms with E-state index in [1.807, 2.05) is 20.1 Å². The van der Waals surface area contributed by atoms with Gasteiger partial charge in [-0.2, -0.15) is 0 Å². The molecule has 6 nitrogen and oxygen atoms in total. The van der Waals surface area contributed by atoms with Crippen LogP contribution in [0.5, 0.6) is 0 Å². The molecule has 7 heteroatoms. The predicted octanol–water partition coefficient (Wildman–Crippen LogP) is 7.23. The number of hydrogen-bond acceptors (Lipinski definition) is 7. The number of rotatable bonds is 8. The Morgan fingerprint density at radius 2 is 1.95 bits per heavy atom. The minimum absolute atomic E-state index is 0.0205. The number of thioether (sulfide) groups is 1. The lowest BCUT2D eigenvalue weighted by Gasteiger charge is -2.55. The zero-order chi connectivity index (χ0) is 27.6. The van der Waals surface area contributed by atoms with E-state index in [2.05, 4.69) is 43.3 Å². The molecule has 210 valence electrons. The zero-order valence-corrected chi connectivity index (χ0v) is 24.5. The predicted molar refractivity (Wildman–Crippen MR) is 155 cm³/mol. The minimum Gasteiger partial charge on any atom is -0.379 e. The molecule has 1 aromatic rings. The highest BCUT2D eigenvalue weighted by molar-refractivity contribution is 8.13. The molecule has 0 aromatic heterocycles. The number of oxime groups is 1. The molecule has 2 saturated carbocycles. The van der Waals surface area contributed by atoms with Crippen molar-refractivity contribution in [2.24, 2.45) is 22.4 Å². The van der Waals surface area contributed by atoms with Gasteiger partial charge in [-0.3, -0.25) is 4.79 Å².